The van der Waals surface area contributed by atoms with Crippen molar-refractivity contribution in [2.45, 2.75) is 6.18 Å². The molecule has 1 amide bonds. The van der Waals surface area contributed by atoms with E-state index in [0.717, 1.165) is 0 Å². The van der Waals surface area contributed by atoms with Gasteiger partial charge in [-0.25, -0.2) is 0 Å². The van der Waals surface area contributed by atoms with E-state index in [1.807, 2.05) is 0 Å². The molecule has 7 heteroatoms. The number of Topliss-reactive ketones (excluding diaryl/α,β-unsaturated/α-hetero) is 1. The molecule has 0 saturated heterocycles. The van der Waals surface area contributed by atoms with Crippen LogP contribution < -0.4 is 0 Å². The molecule has 0 atom stereocenters. The zero-order chi connectivity index (χ0) is 9.35. The fourth-order valence-electron chi connectivity index (χ4n) is 0.534. The average Bonchev–Trinajstić information content (AvgIpc) is 2.32. The number of azo groups is 1. The zero-order valence-electron chi connectivity index (χ0n) is 5.42. The van der Waals surface area contributed by atoms with Crippen LogP contribution >= 0.6 is 0 Å². The molecule has 1 rings (SSSR count). The van der Waals surface area contributed by atoms with Crippen LogP contribution in [0.3, 0.4) is 0 Å². The van der Waals surface area contributed by atoms with Crippen LogP contribution in [0.1, 0.15) is 0 Å². The lowest BCUT2D eigenvalue weighted by Gasteiger charge is -2.00. The fraction of sp³-hybridized carbons (Fsp3) is 0.200. The molecular formula is C5HF3N2O2. The first-order valence-corrected chi connectivity index (χ1v) is 2.70. The Morgan fingerprint density at radius 2 is 1.92 bits per heavy atom. The Kier molecular flexibility index (Phi) is 1.79. The minimum atomic E-state index is -5.00. The van der Waals surface area contributed by atoms with E-state index in [-0.39, 0.29) is 0 Å². The predicted octanol–water partition coefficient (Wildman–Crippen LogP) is 0.994. The standard InChI is InChI=1S/C5HF3N2O2/c6-5(7,8)4(12)2-1-3(11)10-9-2/h1H. The van der Waals surface area contributed by atoms with Gasteiger partial charge in [-0.2, -0.15) is 13.2 Å². The quantitative estimate of drug-likeness (QED) is 0.601. The summed E-state index contributed by atoms with van der Waals surface area (Å²) in [4.78, 5) is 20.5. The molecular weight excluding hydrogens is 177 g/mol. The molecule has 0 saturated carbocycles. The maximum atomic E-state index is 11.6. The molecule has 1 aliphatic heterocycles. The van der Waals surface area contributed by atoms with Gasteiger partial charge >= 0.3 is 6.18 Å². The van der Waals surface area contributed by atoms with E-state index in [1.165, 1.54) is 0 Å². The second kappa shape index (κ2) is 2.50. The highest BCUT2D eigenvalue weighted by Crippen LogP contribution is 2.23. The third kappa shape index (κ3) is 1.55. The molecule has 0 radical (unpaired) electrons. The zero-order valence-corrected chi connectivity index (χ0v) is 5.42. The molecule has 0 aromatic rings. The molecule has 0 fully saturated rings. The number of hydrogen-bond acceptors (Lipinski definition) is 3. The van der Waals surface area contributed by atoms with Gasteiger partial charge < -0.3 is 0 Å². The van der Waals surface area contributed by atoms with E-state index in [2.05, 4.69) is 10.2 Å². The van der Waals surface area contributed by atoms with Gasteiger partial charge in [0.05, 0.1) is 0 Å². The summed E-state index contributed by atoms with van der Waals surface area (Å²) in [5.41, 5.74) is -0.965. The third-order valence-corrected chi connectivity index (χ3v) is 1.01. The van der Waals surface area contributed by atoms with Crippen LogP contribution in [0, 0.1) is 0 Å². The summed E-state index contributed by atoms with van der Waals surface area (Å²) in [6, 6.07) is 0. The lowest BCUT2D eigenvalue weighted by Crippen LogP contribution is -2.23. The minimum Gasteiger partial charge on any atom is -0.282 e. The normalized spacial score (nSPS) is 16.6. The van der Waals surface area contributed by atoms with Crippen molar-refractivity contribution < 1.29 is 22.8 Å². The summed E-state index contributed by atoms with van der Waals surface area (Å²) < 4.78 is 34.9. The van der Waals surface area contributed by atoms with E-state index >= 15 is 0 Å². The number of rotatable bonds is 1. The Morgan fingerprint density at radius 1 is 1.33 bits per heavy atom. The van der Waals surface area contributed by atoms with Gasteiger partial charge in [0.15, 0.2) is 0 Å². The summed E-state index contributed by atoms with van der Waals surface area (Å²) in [5.74, 6) is -3.11. The van der Waals surface area contributed by atoms with Gasteiger partial charge in [-0.1, -0.05) is 0 Å². The predicted molar refractivity (Wildman–Crippen MR) is 29.0 cm³/mol. The summed E-state index contributed by atoms with van der Waals surface area (Å²) >= 11 is 0. The van der Waals surface area contributed by atoms with Crippen molar-refractivity contribution in [3.63, 3.8) is 0 Å². The van der Waals surface area contributed by atoms with E-state index in [9.17, 15) is 22.8 Å². The number of nitrogens with zero attached hydrogens (tertiary/aromatic N) is 2. The number of halogens is 3. The molecule has 0 aliphatic carbocycles. The number of ketones is 1. The second-order valence-electron chi connectivity index (χ2n) is 1.89. The maximum absolute atomic E-state index is 11.6. The first kappa shape index (κ1) is 8.57. The number of hydrogen-bond donors (Lipinski definition) is 0. The second-order valence-corrected chi connectivity index (χ2v) is 1.89. The van der Waals surface area contributed by atoms with Gasteiger partial charge in [-0.15, -0.1) is 10.2 Å². The Hall–Kier alpha value is -1.53. The smallest absolute Gasteiger partial charge is 0.282 e. The van der Waals surface area contributed by atoms with Gasteiger partial charge in [-0.05, 0) is 0 Å². The largest absolute Gasteiger partial charge is 0.456 e. The number of amides is 1. The Labute approximate surface area is 63.8 Å². The van der Waals surface area contributed by atoms with Crippen LogP contribution in [-0.4, -0.2) is 17.9 Å². The van der Waals surface area contributed by atoms with Gasteiger partial charge in [0.25, 0.3) is 11.7 Å². The van der Waals surface area contributed by atoms with Crippen molar-refractivity contribution in [2.24, 2.45) is 10.2 Å². The van der Waals surface area contributed by atoms with E-state index in [0.29, 0.717) is 6.08 Å². The van der Waals surface area contributed by atoms with Crippen molar-refractivity contribution in [3.05, 3.63) is 11.8 Å². The van der Waals surface area contributed by atoms with Gasteiger partial charge in [0.1, 0.15) is 5.70 Å². The van der Waals surface area contributed by atoms with Gasteiger partial charge in [0.2, 0.25) is 0 Å². The molecule has 64 valence electrons. The highest BCUT2D eigenvalue weighted by Gasteiger charge is 2.42. The first-order valence-electron chi connectivity index (χ1n) is 2.70. The summed E-state index contributed by atoms with van der Waals surface area (Å²) in [6.45, 7) is 0. The maximum Gasteiger partial charge on any atom is 0.456 e. The third-order valence-electron chi connectivity index (χ3n) is 1.01. The summed E-state index contributed by atoms with van der Waals surface area (Å²) in [7, 11) is 0. The number of carbonyl (C=O) groups excluding carboxylic acids is 2. The summed E-state index contributed by atoms with van der Waals surface area (Å²) in [5, 5.41) is 5.47. The molecule has 0 bridgehead atoms. The highest BCUT2D eigenvalue weighted by molar-refractivity contribution is 6.06. The van der Waals surface area contributed by atoms with Crippen molar-refractivity contribution in [3.8, 4) is 0 Å². The van der Waals surface area contributed by atoms with Crippen molar-refractivity contribution in [1.82, 2.24) is 0 Å². The highest BCUT2D eigenvalue weighted by atomic mass is 19.4. The Morgan fingerprint density at radius 3 is 2.25 bits per heavy atom. The van der Waals surface area contributed by atoms with Crippen LogP contribution in [0.2, 0.25) is 0 Å². The number of allylic oxidation sites excluding steroid dienone is 1. The molecule has 0 N–H and O–H groups in total. The molecule has 1 aliphatic rings. The van der Waals surface area contributed by atoms with Crippen molar-refractivity contribution in [1.29, 1.82) is 0 Å². The molecule has 1 heterocycles. The molecule has 12 heavy (non-hydrogen) atoms. The van der Waals surface area contributed by atoms with Gasteiger partial charge in [-0.3, -0.25) is 9.59 Å². The summed E-state index contributed by atoms with van der Waals surface area (Å²) in [6.07, 6.45) is -4.56. The van der Waals surface area contributed by atoms with Crippen molar-refractivity contribution >= 4 is 11.7 Å². The fourth-order valence-corrected chi connectivity index (χ4v) is 0.534. The molecule has 4 nitrogen and oxygen atoms in total. The van der Waals surface area contributed by atoms with Crippen LogP contribution in [-0.2, 0) is 9.59 Å². The monoisotopic (exact) mass is 178 g/mol. The van der Waals surface area contributed by atoms with Crippen LogP contribution in [0.4, 0.5) is 13.2 Å². The lowest BCUT2D eigenvalue weighted by atomic mass is 10.3. The lowest BCUT2D eigenvalue weighted by molar-refractivity contribution is -0.166. The number of carbonyl (C=O) groups is 2. The van der Waals surface area contributed by atoms with E-state index in [1.54, 1.807) is 0 Å². The molecule has 0 spiro atoms. The van der Waals surface area contributed by atoms with Crippen LogP contribution in [0.5, 0.6) is 0 Å². The van der Waals surface area contributed by atoms with E-state index in [4.69, 9.17) is 0 Å². The molecule has 0 aromatic carbocycles. The number of alkyl halides is 3. The Balaban J connectivity index is 2.88. The SMILES string of the molecule is O=C1C=C(C(=O)C(F)(F)F)N=N1. The Bertz CT molecular complexity index is 302. The van der Waals surface area contributed by atoms with Crippen molar-refractivity contribution in [2.75, 3.05) is 0 Å². The first-order chi connectivity index (χ1) is 5.41. The van der Waals surface area contributed by atoms with Crippen LogP contribution in [0.25, 0.3) is 0 Å². The topological polar surface area (TPSA) is 58.9 Å². The molecule has 0 aromatic heterocycles. The van der Waals surface area contributed by atoms with E-state index < -0.39 is 23.6 Å². The van der Waals surface area contributed by atoms with Gasteiger partial charge in [0, 0.05) is 6.08 Å². The average molecular weight is 178 g/mol. The molecule has 0 unspecified atom stereocenters. The van der Waals surface area contributed by atoms with Crippen LogP contribution in [0.15, 0.2) is 22.0 Å². The minimum absolute atomic E-state index is 0.440.